The predicted octanol–water partition coefficient (Wildman–Crippen LogP) is 7.06. The average molecular weight is 483 g/mol. The number of rotatable bonds is 7. The number of ether oxygens (including phenoxy) is 1. The Labute approximate surface area is 201 Å². The number of benzene rings is 3. The molecule has 0 amide bonds. The standard InChI is InChI=1S/C25H20Cl2N2O4/c1-3-21-24(17-9-12-20(13-10-17)31-19-7-5-4-6-8-19)29(28-25(21)33-32-16(2)30)23-14-11-18(26)15-22(23)27/h4-15H,3H2,1-2H3. The van der Waals surface area contributed by atoms with E-state index in [-0.39, 0.29) is 5.88 Å². The van der Waals surface area contributed by atoms with Crippen molar-refractivity contribution in [2.24, 2.45) is 0 Å². The molecule has 0 atom stereocenters. The Morgan fingerprint density at radius 3 is 2.30 bits per heavy atom. The van der Waals surface area contributed by atoms with Gasteiger partial charge in [0.2, 0.25) is 0 Å². The molecule has 1 aromatic heterocycles. The van der Waals surface area contributed by atoms with Crippen molar-refractivity contribution in [2.45, 2.75) is 20.3 Å². The maximum absolute atomic E-state index is 11.3. The van der Waals surface area contributed by atoms with Crippen molar-refractivity contribution < 1.29 is 19.3 Å². The topological polar surface area (TPSA) is 62.6 Å². The highest BCUT2D eigenvalue weighted by Crippen LogP contribution is 2.37. The van der Waals surface area contributed by atoms with Crippen LogP contribution in [0.5, 0.6) is 17.4 Å². The molecule has 0 aliphatic carbocycles. The Hall–Kier alpha value is -3.48. The van der Waals surface area contributed by atoms with Crippen LogP contribution >= 0.6 is 23.2 Å². The van der Waals surface area contributed by atoms with Crippen LogP contribution in [0.1, 0.15) is 19.4 Å². The van der Waals surface area contributed by atoms with Gasteiger partial charge in [-0.2, -0.15) is 0 Å². The third kappa shape index (κ3) is 5.13. The van der Waals surface area contributed by atoms with Gasteiger partial charge in [-0.1, -0.05) is 48.3 Å². The number of carbonyl (C=O) groups is 1. The van der Waals surface area contributed by atoms with Gasteiger partial charge in [0, 0.05) is 23.1 Å². The van der Waals surface area contributed by atoms with Gasteiger partial charge in [-0.3, -0.25) is 4.89 Å². The first-order valence-electron chi connectivity index (χ1n) is 10.2. The Morgan fingerprint density at radius 2 is 1.67 bits per heavy atom. The fraction of sp³-hybridized carbons (Fsp3) is 0.120. The third-order valence-corrected chi connectivity index (χ3v) is 5.32. The first-order chi connectivity index (χ1) is 16.0. The molecule has 6 nitrogen and oxygen atoms in total. The van der Waals surface area contributed by atoms with Crippen molar-refractivity contribution >= 4 is 29.2 Å². The first kappa shape index (κ1) is 22.7. The van der Waals surface area contributed by atoms with Crippen molar-refractivity contribution in [2.75, 3.05) is 0 Å². The minimum atomic E-state index is -0.583. The summed E-state index contributed by atoms with van der Waals surface area (Å²) < 4.78 is 7.56. The lowest BCUT2D eigenvalue weighted by atomic mass is 10.1. The molecule has 0 fully saturated rings. The zero-order valence-corrected chi connectivity index (χ0v) is 19.4. The molecule has 0 saturated heterocycles. The Kier molecular flexibility index (Phi) is 6.87. The molecule has 0 spiro atoms. The molecule has 1 heterocycles. The second kappa shape index (κ2) is 9.98. The molecule has 0 saturated carbocycles. The number of hydrogen-bond donors (Lipinski definition) is 0. The molecule has 0 aliphatic heterocycles. The van der Waals surface area contributed by atoms with Crippen LogP contribution in [0.4, 0.5) is 0 Å². The molecule has 8 heteroatoms. The molecular formula is C25H20Cl2N2O4. The Balaban J connectivity index is 1.79. The van der Waals surface area contributed by atoms with E-state index >= 15 is 0 Å². The van der Waals surface area contributed by atoms with Gasteiger partial charge in [-0.25, -0.2) is 14.4 Å². The van der Waals surface area contributed by atoms with Crippen LogP contribution in [0.3, 0.4) is 0 Å². The molecule has 0 unspecified atom stereocenters. The van der Waals surface area contributed by atoms with Gasteiger partial charge in [0.05, 0.1) is 16.4 Å². The van der Waals surface area contributed by atoms with E-state index in [0.29, 0.717) is 27.9 Å². The molecule has 0 radical (unpaired) electrons. The second-order valence-corrected chi connectivity index (χ2v) is 7.93. The highest BCUT2D eigenvalue weighted by Gasteiger charge is 2.23. The van der Waals surface area contributed by atoms with Crippen LogP contribution in [0.25, 0.3) is 16.9 Å². The minimum Gasteiger partial charge on any atom is -0.457 e. The van der Waals surface area contributed by atoms with E-state index in [1.54, 1.807) is 22.9 Å². The van der Waals surface area contributed by atoms with Crippen LogP contribution in [0.2, 0.25) is 10.0 Å². The summed E-state index contributed by atoms with van der Waals surface area (Å²) in [6.07, 6.45) is 0.569. The zero-order chi connectivity index (χ0) is 23.4. The van der Waals surface area contributed by atoms with Gasteiger partial charge in [0.15, 0.2) is 0 Å². The zero-order valence-electron chi connectivity index (χ0n) is 17.9. The molecule has 168 valence electrons. The number of aromatic nitrogens is 2. The largest absolute Gasteiger partial charge is 0.457 e. The highest BCUT2D eigenvalue weighted by atomic mass is 35.5. The van der Waals surface area contributed by atoms with E-state index in [4.69, 9.17) is 37.7 Å². The summed E-state index contributed by atoms with van der Waals surface area (Å²) in [4.78, 5) is 21.3. The monoisotopic (exact) mass is 482 g/mol. The quantitative estimate of drug-likeness (QED) is 0.208. The number of nitrogens with zero attached hydrogens (tertiary/aromatic N) is 2. The van der Waals surface area contributed by atoms with E-state index in [9.17, 15) is 4.79 Å². The number of carbonyl (C=O) groups excluding carboxylic acids is 1. The minimum absolute atomic E-state index is 0.179. The van der Waals surface area contributed by atoms with Crippen LogP contribution < -0.4 is 9.62 Å². The van der Waals surface area contributed by atoms with Crippen molar-refractivity contribution in [1.82, 2.24) is 9.78 Å². The van der Waals surface area contributed by atoms with E-state index < -0.39 is 5.97 Å². The molecule has 0 N–H and O–H groups in total. The fourth-order valence-corrected chi connectivity index (χ4v) is 3.83. The molecule has 4 rings (SSSR count). The number of halogens is 2. The van der Waals surface area contributed by atoms with Crippen molar-refractivity contribution in [1.29, 1.82) is 0 Å². The van der Waals surface area contributed by atoms with Gasteiger partial charge >= 0.3 is 5.97 Å². The van der Waals surface area contributed by atoms with Gasteiger partial charge < -0.3 is 4.74 Å². The first-order valence-corrected chi connectivity index (χ1v) is 11.0. The normalized spacial score (nSPS) is 10.7. The van der Waals surface area contributed by atoms with Crippen molar-refractivity contribution in [3.8, 4) is 34.3 Å². The lowest BCUT2D eigenvalue weighted by molar-refractivity contribution is -0.212. The van der Waals surface area contributed by atoms with Crippen LogP contribution in [0.15, 0.2) is 72.8 Å². The maximum Gasteiger partial charge on any atom is 0.352 e. The lowest BCUT2D eigenvalue weighted by Gasteiger charge is -2.12. The smallest absolute Gasteiger partial charge is 0.352 e. The highest BCUT2D eigenvalue weighted by molar-refractivity contribution is 6.35. The molecule has 4 aromatic rings. The van der Waals surface area contributed by atoms with E-state index in [0.717, 1.165) is 22.6 Å². The molecule has 0 aliphatic rings. The molecule has 33 heavy (non-hydrogen) atoms. The summed E-state index contributed by atoms with van der Waals surface area (Å²) in [7, 11) is 0. The Morgan fingerprint density at radius 1 is 0.970 bits per heavy atom. The third-order valence-electron chi connectivity index (χ3n) is 4.78. The summed E-state index contributed by atoms with van der Waals surface area (Å²) in [6.45, 7) is 3.22. The molecular weight excluding hydrogens is 463 g/mol. The van der Waals surface area contributed by atoms with Crippen LogP contribution in [-0.2, 0) is 16.1 Å². The van der Waals surface area contributed by atoms with Crippen LogP contribution in [0, 0.1) is 0 Å². The van der Waals surface area contributed by atoms with Crippen molar-refractivity contribution in [3.05, 3.63) is 88.4 Å². The average Bonchev–Trinajstić information content (AvgIpc) is 3.17. The number of hydrogen-bond acceptors (Lipinski definition) is 5. The second-order valence-electron chi connectivity index (χ2n) is 7.09. The van der Waals surface area contributed by atoms with E-state index in [1.807, 2.05) is 61.5 Å². The molecule has 3 aromatic carbocycles. The van der Waals surface area contributed by atoms with Gasteiger partial charge in [-0.15, -0.1) is 5.10 Å². The van der Waals surface area contributed by atoms with Crippen molar-refractivity contribution in [3.63, 3.8) is 0 Å². The Bertz CT molecular complexity index is 1270. The number of para-hydroxylation sites is 1. The van der Waals surface area contributed by atoms with E-state index in [1.165, 1.54) is 6.92 Å². The summed E-state index contributed by atoms with van der Waals surface area (Å²) in [5.74, 6) is 1.03. The van der Waals surface area contributed by atoms with Gasteiger partial charge in [0.25, 0.3) is 5.88 Å². The van der Waals surface area contributed by atoms with E-state index in [2.05, 4.69) is 5.10 Å². The summed E-state index contributed by atoms with van der Waals surface area (Å²) in [6, 6.07) is 22.2. The lowest BCUT2D eigenvalue weighted by Crippen LogP contribution is -2.05. The summed E-state index contributed by atoms with van der Waals surface area (Å²) in [5.41, 5.74) is 2.95. The SMILES string of the molecule is CCc1c(OOC(C)=O)nn(-c2ccc(Cl)cc2Cl)c1-c1ccc(Oc2ccccc2)cc1. The maximum atomic E-state index is 11.3. The summed E-state index contributed by atoms with van der Waals surface area (Å²) in [5, 5.41) is 5.46. The van der Waals surface area contributed by atoms with Crippen LogP contribution in [-0.4, -0.2) is 15.7 Å². The van der Waals surface area contributed by atoms with Gasteiger partial charge in [-0.05, 0) is 61.0 Å². The summed E-state index contributed by atoms with van der Waals surface area (Å²) >= 11 is 12.6. The molecule has 0 bridgehead atoms. The predicted molar refractivity (Wildman–Crippen MR) is 127 cm³/mol. The van der Waals surface area contributed by atoms with Gasteiger partial charge in [0.1, 0.15) is 11.5 Å². The fourth-order valence-electron chi connectivity index (χ4n) is 3.34.